The van der Waals surface area contributed by atoms with Crippen LogP contribution in [0.15, 0.2) is 24.4 Å². The van der Waals surface area contributed by atoms with E-state index in [-0.39, 0.29) is 11.5 Å². The molecule has 0 saturated heterocycles. The number of anilines is 2. The smallest absolute Gasteiger partial charge is 0.172 e. The van der Waals surface area contributed by atoms with Crippen LogP contribution in [0.5, 0.6) is 0 Å². The fraction of sp³-hybridized carbons (Fsp3) is 0.353. The van der Waals surface area contributed by atoms with Crippen molar-refractivity contribution >= 4 is 17.8 Å². The largest absolute Gasteiger partial charge is 0.399 e. The first-order valence-electron chi connectivity index (χ1n) is 7.56. The second-order valence-electron chi connectivity index (χ2n) is 5.36. The van der Waals surface area contributed by atoms with Gasteiger partial charge in [-0.05, 0) is 31.2 Å². The number of nitrogens with one attached hydrogen (secondary N) is 1. The summed E-state index contributed by atoms with van der Waals surface area (Å²) >= 11 is 0. The van der Waals surface area contributed by atoms with Gasteiger partial charge >= 0.3 is 0 Å². The number of aromatic nitrogens is 2. The molecule has 1 heterocycles. The molecule has 0 aliphatic carbocycles. The molecule has 2 rings (SSSR count). The van der Waals surface area contributed by atoms with Gasteiger partial charge in [-0.25, -0.2) is 9.97 Å². The van der Waals surface area contributed by atoms with E-state index in [9.17, 15) is 4.79 Å². The molecular weight excluding hydrogens is 290 g/mol. The molecule has 5 N–H and O–H groups in total. The minimum absolute atomic E-state index is 0.141. The molecule has 0 amide bonds. The Labute approximate surface area is 137 Å². The van der Waals surface area contributed by atoms with Crippen LogP contribution >= 0.6 is 0 Å². The summed E-state index contributed by atoms with van der Waals surface area (Å²) in [4.78, 5) is 19.0. The predicted molar refractivity (Wildman–Crippen MR) is 95.3 cm³/mol. The molecule has 1 aromatic carbocycles. The van der Waals surface area contributed by atoms with Crippen LogP contribution in [0.3, 0.4) is 0 Å². The lowest BCUT2D eigenvalue weighted by atomic mass is 10.0. The van der Waals surface area contributed by atoms with E-state index < -0.39 is 0 Å². The molecule has 0 spiro atoms. The van der Waals surface area contributed by atoms with E-state index in [0.29, 0.717) is 23.7 Å². The average Bonchev–Trinajstić information content (AvgIpc) is 2.55. The van der Waals surface area contributed by atoms with Crippen LogP contribution in [0.25, 0.3) is 11.3 Å². The Hall–Kier alpha value is -2.47. The number of hydrogen-bond acceptors (Lipinski definition) is 6. The molecule has 0 radical (unpaired) electrons. The van der Waals surface area contributed by atoms with Crippen molar-refractivity contribution in [2.24, 2.45) is 0 Å². The average molecular weight is 315 g/mol. The van der Waals surface area contributed by atoms with E-state index in [0.717, 1.165) is 17.5 Å². The van der Waals surface area contributed by atoms with Crippen molar-refractivity contribution in [2.75, 3.05) is 18.5 Å². The Balaban J connectivity index is 0.000000463. The zero-order valence-electron chi connectivity index (χ0n) is 14.1. The number of carbonyl (C=O) groups is 1. The second-order valence-corrected chi connectivity index (χ2v) is 5.36. The number of rotatable bonds is 4. The summed E-state index contributed by atoms with van der Waals surface area (Å²) in [5.41, 5.74) is 14.8. The monoisotopic (exact) mass is 315 g/mol. The summed E-state index contributed by atoms with van der Waals surface area (Å²) in [5, 5.41) is 3.03. The minimum atomic E-state index is 0.141. The lowest BCUT2D eigenvalue weighted by molar-refractivity contribution is 0.111. The molecule has 0 bridgehead atoms. The molecule has 1 aromatic heterocycles. The first-order valence-corrected chi connectivity index (χ1v) is 7.56. The van der Waals surface area contributed by atoms with Crippen molar-refractivity contribution in [1.82, 2.24) is 15.3 Å². The fourth-order valence-electron chi connectivity index (χ4n) is 1.79. The van der Waals surface area contributed by atoms with Crippen molar-refractivity contribution < 1.29 is 4.79 Å². The Morgan fingerprint density at radius 2 is 1.96 bits per heavy atom. The molecule has 2 aromatic rings. The number of benzene rings is 1. The maximum atomic E-state index is 10.8. The highest BCUT2D eigenvalue weighted by Gasteiger charge is 2.09. The van der Waals surface area contributed by atoms with Crippen LogP contribution in [-0.2, 0) is 6.42 Å². The molecule has 6 heteroatoms. The third-order valence-electron chi connectivity index (χ3n) is 3.30. The normalized spacial score (nSPS) is 10.1. The number of aryl methyl sites for hydroxylation is 1. The van der Waals surface area contributed by atoms with Gasteiger partial charge in [0, 0.05) is 17.3 Å². The molecule has 0 unspecified atom stereocenters. The van der Waals surface area contributed by atoms with E-state index in [1.165, 1.54) is 0 Å². The highest BCUT2D eigenvalue weighted by atomic mass is 16.1. The van der Waals surface area contributed by atoms with Crippen LogP contribution in [0.1, 0.15) is 36.8 Å². The molecule has 23 heavy (non-hydrogen) atoms. The molecule has 124 valence electrons. The van der Waals surface area contributed by atoms with Crippen LogP contribution in [0, 0.1) is 0 Å². The zero-order chi connectivity index (χ0) is 17.4. The third-order valence-corrected chi connectivity index (χ3v) is 3.30. The topological polar surface area (TPSA) is 107 Å². The molecular formula is C17H25N5O. The van der Waals surface area contributed by atoms with Crippen LogP contribution < -0.4 is 16.8 Å². The number of hydrogen-bond donors (Lipinski definition) is 3. The Morgan fingerprint density at radius 1 is 1.30 bits per heavy atom. The van der Waals surface area contributed by atoms with E-state index in [4.69, 9.17) is 11.5 Å². The first-order chi connectivity index (χ1) is 10.9. The highest BCUT2D eigenvalue weighted by Crippen LogP contribution is 2.24. The van der Waals surface area contributed by atoms with E-state index in [1.807, 2.05) is 26.1 Å². The number of carbonyl (C=O) groups excluding carboxylic acids is 1. The number of nitrogens with zero attached hydrogens (tertiary/aromatic N) is 2. The zero-order valence-corrected chi connectivity index (χ0v) is 14.1. The van der Waals surface area contributed by atoms with E-state index >= 15 is 0 Å². The van der Waals surface area contributed by atoms with Crippen molar-refractivity contribution in [2.45, 2.75) is 33.2 Å². The van der Waals surface area contributed by atoms with Gasteiger partial charge in [-0.2, -0.15) is 0 Å². The summed E-state index contributed by atoms with van der Waals surface area (Å²) in [6, 6.07) is 6.21. The molecule has 0 aliphatic rings. The Kier molecular flexibility index (Phi) is 7.15. The lowest BCUT2D eigenvalue weighted by Gasteiger charge is -2.09. The van der Waals surface area contributed by atoms with Gasteiger partial charge in [-0.1, -0.05) is 26.8 Å². The summed E-state index contributed by atoms with van der Waals surface area (Å²) in [6.45, 7) is 6.25. The van der Waals surface area contributed by atoms with Gasteiger partial charge in [-0.15, -0.1) is 0 Å². The van der Waals surface area contributed by atoms with Gasteiger partial charge in [0.15, 0.2) is 12.1 Å². The van der Waals surface area contributed by atoms with Crippen LogP contribution in [0.2, 0.25) is 0 Å². The Bertz CT molecular complexity index is 655. The third kappa shape index (κ3) is 5.34. The highest BCUT2D eigenvalue weighted by molar-refractivity contribution is 5.80. The SMILES string of the molecule is CCc1cc(N)ccc1-c1cnc(N)c(C=O)n1.CNC(C)C. The van der Waals surface area contributed by atoms with Crippen molar-refractivity contribution in [3.05, 3.63) is 35.7 Å². The minimum Gasteiger partial charge on any atom is -0.399 e. The van der Waals surface area contributed by atoms with Crippen molar-refractivity contribution in [1.29, 1.82) is 0 Å². The number of nitrogens with two attached hydrogens (primary N) is 2. The van der Waals surface area contributed by atoms with Gasteiger partial charge < -0.3 is 16.8 Å². The quantitative estimate of drug-likeness (QED) is 0.590. The summed E-state index contributed by atoms with van der Waals surface area (Å²) in [5.74, 6) is 0.141. The van der Waals surface area contributed by atoms with Gasteiger partial charge in [0.1, 0.15) is 5.69 Å². The second kappa shape index (κ2) is 8.85. The predicted octanol–water partition coefficient (Wildman–Crippen LogP) is 2.30. The van der Waals surface area contributed by atoms with Gasteiger partial charge in [0.25, 0.3) is 0 Å². The van der Waals surface area contributed by atoms with Crippen LogP contribution in [-0.4, -0.2) is 29.3 Å². The molecule has 6 nitrogen and oxygen atoms in total. The molecule has 0 atom stereocenters. The standard InChI is InChI=1S/C13H14N4O.C4H11N/c1-2-8-5-9(14)3-4-10(8)11-6-16-13(15)12(7-18)17-11;1-4(2)5-3/h3-7H,2,14H2,1H3,(H2,15,16);4-5H,1-3H3. The summed E-state index contributed by atoms with van der Waals surface area (Å²) in [7, 11) is 1.95. The van der Waals surface area contributed by atoms with E-state index in [1.54, 1.807) is 12.3 Å². The Morgan fingerprint density at radius 3 is 2.48 bits per heavy atom. The van der Waals surface area contributed by atoms with Gasteiger partial charge in [-0.3, -0.25) is 4.79 Å². The lowest BCUT2D eigenvalue weighted by Crippen LogP contribution is -2.15. The molecule has 0 saturated carbocycles. The van der Waals surface area contributed by atoms with Crippen molar-refractivity contribution in [3.8, 4) is 11.3 Å². The number of aldehydes is 1. The van der Waals surface area contributed by atoms with Crippen LogP contribution in [0.4, 0.5) is 11.5 Å². The number of nitrogen functional groups attached to an aromatic ring is 2. The fourth-order valence-corrected chi connectivity index (χ4v) is 1.79. The molecule has 0 fully saturated rings. The molecule has 0 aliphatic heterocycles. The van der Waals surface area contributed by atoms with Crippen molar-refractivity contribution in [3.63, 3.8) is 0 Å². The first kappa shape index (κ1) is 18.6. The van der Waals surface area contributed by atoms with Gasteiger partial charge in [0.2, 0.25) is 0 Å². The summed E-state index contributed by atoms with van der Waals surface area (Å²) < 4.78 is 0. The maximum Gasteiger partial charge on any atom is 0.172 e. The summed E-state index contributed by atoms with van der Waals surface area (Å²) in [6.07, 6.45) is 2.99. The van der Waals surface area contributed by atoms with E-state index in [2.05, 4.69) is 29.1 Å². The maximum absolute atomic E-state index is 10.8. The van der Waals surface area contributed by atoms with Gasteiger partial charge in [0.05, 0.1) is 11.9 Å².